The number of hydrogen-bond acceptors (Lipinski definition) is 4. The van der Waals surface area contributed by atoms with Crippen LogP contribution in [0.2, 0.25) is 0 Å². The Morgan fingerprint density at radius 3 is 2.50 bits per heavy atom. The number of halogens is 1. The topological polar surface area (TPSA) is 94.3 Å². The standard InChI is InChI=1S/C23H35FN6O2/c1-2-26-23(30-11-3-4-18(17-30)16-21(25)31)27-10-9-22(32)29-14-12-28(13-15-29)20-7-5-19(24)6-8-20/h5-8,18H,2-4,9-17H2,1H3,(H2,25,31)(H,26,27). The molecule has 0 radical (unpaired) electrons. The summed E-state index contributed by atoms with van der Waals surface area (Å²) in [5, 5.41) is 3.31. The Labute approximate surface area is 189 Å². The van der Waals surface area contributed by atoms with E-state index >= 15 is 0 Å². The van der Waals surface area contributed by atoms with Gasteiger partial charge in [-0.3, -0.25) is 14.6 Å². The van der Waals surface area contributed by atoms with Crippen molar-refractivity contribution in [1.29, 1.82) is 0 Å². The highest BCUT2D eigenvalue weighted by Crippen LogP contribution is 2.20. The summed E-state index contributed by atoms with van der Waals surface area (Å²) >= 11 is 0. The van der Waals surface area contributed by atoms with Crippen molar-refractivity contribution >= 4 is 23.5 Å². The molecule has 3 N–H and O–H groups in total. The van der Waals surface area contributed by atoms with Crippen LogP contribution in [0.5, 0.6) is 0 Å². The van der Waals surface area contributed by atoms with Crippen molar-refractivity contribution in [2.75, 3.05) is 57.3 Å². The van der Waals surface area contributed by atoms with E-state index < -0.39 is 0 Å². The molecule has 2 aliphatic heterocycles. The Hall–Kier alpha value is -2.84. The highest BCUT2D eigenvalue weighted by Gasteiger charge is 2.24. The first-order chi connectivity index (χ1) is 15.5. The molecular formula is C23H35FN6O2. The van der Waals surface area contributed by atoms with Crippen LogP contribution in [0.3, 0.4) is 0 Å². The van der Waals surface area contributed by atoms with Crippen molar-refractivity contribution in [3.63, 3.8) is 0 Å². The number of rotatable bonds is 7. The predicted molar refractivity (Wildman–Crippen MR) is 124 cm³/mol. The third kappa shape index (κ3) is 6.83. The lowest BCUT2D eigenvalue weighted by molar-refractivity contribution is -0.131. The van der Waals surface area contributed by atoms with Crippen molar-refractivity contribution < 1.29 is 14.0 Å². The van der Waals surface area contributed by atoms with Crippen molar-refractivity contribution in [3.8, 4) is 0 Å². The lowest BCUT2D eigenvalue weighted by atomic mass is 9.95. The molecule has 1 atom stereocenters. The van der Waals surface area contributed by atoms with E-state index in [4.69, 9.17) is 5.73 Å². The number of likely N-dealkylation sites (tertiary alicyclic amines) is 1. The van der Waals surface area contributed by atoms with E-state index in [1.54, 1.807) is 12.1 Å². The summed E-state index contributed by atoms with van der Waals surface area (Å²) in [5.74, 6) is 0.658. The molecule has 2 heterocycles. The van der Waals surface area contributed by atoms with Crippen molar-refractivity contribution in [2.24, 2.45) is 16.6 Å². The maximum atomic E-state index is 13.1. The molecule has 1 unspecified atom stereocenters. The van der Waals surface area contributed by atoms with E-state index in [1.165, 1.54) is 12.1 Å². The minimum Gasteiger partial charge on any atom is -0.370 e. The monoisotopic (exact) mass is 446 g/mol. The van der Waals surface area contributed by atoms with E-state index in [9.17, 15) is 14.0 Å². The van der Waals surface area contributed by atoms with Crippen molar-refractivity contribution in [1.82, 2.24) is 15.1 Å². The van der Waals surface area contributed by atoms with Gasteiger partial charge in [-0.1, -0.05) is 0 Å². The predicted octanol–water partition coefficient (Wildman–Crippen LogP) is 1.42. The van der Waals surface area contributed by atoms with Crippen LogP contribution in [0.1, 0.15) is 32.6 Å². The molecule has 176 valence electrons. The number of nitrogens with zero attached hydrogens (tertiary/aromatic N) is 4. The van der Waals surface area contributed by atoms with E-state index in [0.717, 1.165) is 57.2 Å². The van der Waals surface area contributed by atoms with Crippen LogP contribution in [-0.4, -0.2) is 79.9 Å². The summed E-state index contributed by atoms with van der Waals surface area (Å²) in [5.41, 5.74) is 6.35. The van der Waals surface area contributed by atoms with Gasteiger partial charge in [-0.2, -0.15) is 0 Å². The number of benzene rings is 1. The Morgan fingerprint density at radius 2 is 1.84 bits per heavy atom. The number of hydrogen-bond donors (Lipinski definition) is 2. The third-order valence-electron chi connectivity index (χ3n) is 6.05. The first kappa shape index (κ1) is 23.8. The molecule has 0 saturated carbocycles. The fraction of sp³-hybridized carbons (Fsp3) is 0.609. The average molecular weight is 447 g/mol. The van der Waals surface area contributed by atoms with E-state index in [2.05, 4.69) is 20.1 Å². The van der Waals surface area contributed by atoms with E-state index in [0.29, 0.717) is 32.5 Å². The maximum absolute atomic E-state index is 13.1. The summed E-state index contributed by atoms with van der Waals surface area (Å²) < 4.78 is 13.1. The van der Waals surface area contributed by atoms with Gasteiger partial charge >= 0.3 is 0 Å². The van der Waals surface area contributed by atoms with Gasteiger partial charge in [0.15, 0.2) is 5.96 Å². The fourth-order valence-electron chi connectivity index (χ4n) is 4.42. The molecule has 2 aliphatic rings. The lowest BCUT2D eigenvalue weighted by Crippen LogP contribution is -2.49. The number of piperidine rings is 1. The Balaban J connectivity index is 1.47. The summed E-state index contributed by atoms with van der Waals surface area (Å²) in [7, 11) is 0. The summed E-state index contributed by atoms with van der Waals surface area (Å²) in [4.78, 5) is 34.9. The number of primary amides is 1. The summed E-state index contributed by atoms with van der Waals surface area (Å²) in [6, 6.07) is 6.48. The molecule has 2 fully saturated rings. The van der Waals surface area contributed by atoms with Gasteiger partial charge in [-0.05, 0) is 49.9 Å². The number of carbonyl (C=O) groups is 2. The number of piperazine rings is 1. The van der Waals surface area contributed by atoms with Gasteiger partial charge in [0.25, 0.3) is 0 Å². The molecule has 0 spiro atoms. The molecule has 1 aromatic carbocycles. The summed E-state index contributed by atoms with van der Waals surface area (Å²) in [6.45, 7) is 7.62. The number of amides is 2. The van der Waals surface area contributed by atoms with Gasteiger partial charge in [0.1, 0.15) is 5.82 Å². The minimum absolute atomic E-state index is 0.105. The average Bonchev–Trinajstić information content (AvgIpc) is 2.79. The van der Waals surface area contributed by atoms with E-state index in [-0.39, 0.29) is 23.5 Å². The normalized spacial score (nSPS) is 19.8. The maximum Gasteiger partial charge on any atom is 0.224 e. The van der Waals surface area contributed by atoms with Crippen LogP contribution in [0.15, 0.2) is 29.3 Å². The molecule has 0 aromatic heterocycles. The van der Waals surface area contributed by atoms with Crippen LogP contribution in [0.4, 0.5) is 10.1 Å². The van der Waals surface area contributed by atoms with Crippen LogP contribution >= 0.6 is 0 Å². The highest BCUT2D eigenvalue weighted by molar-refractivity contribution is 5.81. The van der Waals surface area contributed by atoms with Crippen LogP contribution in [-0.2, 0) is 9.59 Å². The molecule has 2 saturated heterocycles. The number of nitrogens with one attached hydrogen (secondary N) is 1. The number of guanidine groups is 1. The molecule has 1 aromatic rings. The third-order valence-corrected chi connectivity index (χ3v) is 6.05. The second kappa shape index (κ2) is 11.7. The molecule has 32 heavy (non-hydrogen) atoms. The Morgan fingerprint density at radius 1 is 1.12 bits per heavy atom. The second-order valence-electron chi connectivity index (χ2n) is 8.45. The van der Waals surface area contributed by atoms with Crippen molar-refractivity contribution in [2.45, 2.75) is 32.6 Å². The molecule has 0 aliphatic carbocycles. The number of aliphatic imine (C=N–C) groups is 1. The molecular weight excluding hydrogens is 411 g/mol. The quantitative estimate of drug-likeness (QED) is 0.488. The van der Waals surface area contributed by atoms with Crippen LogP contribution < -0.4 is 16.0 Å². The molecule has 9 heteroatoms. The molecule has 2 amide bonds. The molecule has 0 bridgehead atoms. The number of carbonyl (C=O) groups excluding carboxylic acids is 2. The zero-order valence-corrected chi connectivity index (χ0v) is 18.9. The zero-order chi connectivity index (χ0) is 22.9. The Bertz CT molecular complexity index is 792. The van der Waals surface area contributed by atoms with Gasteiger partial charge in [0, 0.05) is 64.3 Å². The van der Waals surface area contributed by atoms with Crippen LogP contribution in [0, 0.1) is 11.7 Å². The largest absolute Gasteiger partial charge is 0.370 e. The van der Waals surface area contributed by atoms with E-state index in [1.807, 2.05) is 11.8 Å². The fourth-order valence-corrected chi connectivity index (χ4v) is 4.42. The first-order valence-corrected chi connectivity index (χ1v) is 11.6. The van der Waals surface area contributed by atoms with Gasteiger partial charge in [-0.15, -0.1) is 0 Å². The zero-order valence-electron chi connectivity index (χ0n) is 18.9. The smallest absolute Gasteiger partial charge is 0.224 e. The van der Waals surface area contributed by atoms with Gasteiger partial charge in [0.2, 0.25) is 11.8 Å². The van der Waals surface area contributed by atoms with Crippen molar-refractivity contribution in [3.05, 3.63) is 30.1 Å². The van der Waals surface area contributed by atoms with Crippen LogP contribution in [0.25, 0.3) is 0 Å². The second-order valence-corrected chi connectivity index (χ2v) is 8.45. The van der Waals surface area contributed by atoms with Gasteiger partial charge in [0.05, 0.1) is 6.54 Å². The highest BCUT2D eigenvalue weighted by atomic mass is 19.1. The Kier molecular flexibility index (Phi) is 8.70. The number of nitrogens with two attached hydrogens (primary N) is 1. The van der Waals surface area contributed by atoms with Gasteiger partial charge < -0.3 is 25.8 Å². The molecule has 3 rings (SSSR count). The SMILES string of the molecule is CCNC(=NCCC(=O)N1CCN(c2ccc(F)cc2)CC1)N1CCCC(CC(N)=O)C1. The minimum atomic E-state index is -0.260. The summed E-state index contributed by atoms with van der Waals surface area (Å²) in [6.07, 6.45) is 2.77. The number of anilines is 1. The first-order valence-electron chi connectivity index (χ1n) is 11.6. The lowest BCUT2D eigenvalue weighted by Gasteiger charge is -2.36. The van der Waals surface area contributed by atoms with Gasteiger partial charge in [-0.25, -0.2) is 4.39 Å². The molecule has 8 nitrogen and oxygen atoms in total.